The van der Waals surface area contributed by atoms with Crippen LogP contribution in [0.2, 0.25) is 5.02 Å². The summed E-state index contributed by atoms with van der Waals surface area (Å²) >= 11 is 6.14. The van der Waals surface area contributed by atoms with Gasteiger partial charge in [0.15, 0.2) is 5.84 Å². The summed E-state index contributed by atoms with van der Waals surface area (Å²) in [6.45, 7) is 0.667. The number of oxime groups is 1. The fourth-order valence-corrected chi connectivity index (χ4v) is 2.10. The number of anilines is 1. The Kier molecular flexibility index (Phi) is 4.42. The Balaban J connectivity index is 2.19. The first-order valence-corrected chi connectivity index (χ1v) is 6.38. The van der Waals surface area contributed by atoms with E-state index in [1.807, 2.05) is 36.2 Å². The molecule has 3 N–H and O–H groups in total. The van der Waals surface area contributed by atoms with Crippen LogP contribution >= 0.6 is 11.6 Å². The maximum Gasteiger partial charge on any atom is 0.171 e. The van der Waals surface area contributed by atoms with Crippen molar-refractivity contribution >= 4 is 23.1 Å². The van der Waals surface area contributed by atoms with E-state index in [4.69, 9.17) is 22.5 Å². The number of nitrogens with two attached hydrogens (primary N) is 1. The lowest BCUT2D eigenvalue weighted by molar-refractivity contribution is 0.318. The lowest BCUT2D eigenvalue weighted by Gasteiger charge is -2.19. The molecule has 0 spiro atoms. The van der Waals surface area contributed by atoms with Gasteiger partial charge >= 0.3 is 0 Å². The van der Waals surface area contributed by atoms with Crippen molar-refractivity contribution in [3.63, 3.8) is 0 Å². The van der Waals surface area contributed by atoms with Crippen molar-refractivity contribution in [1.82, 2.24) is 4.98 Å². The van der Waals surface area contributed by atoms with Crippen molar-refractivity contribution in [2.24, 2.45) is 10.9 Å². The van der Waals surface area contributed by atoms with Crippen LogP contribution in [-0.4, -0.2) is 23.1 Å². The molecule has 0 aliphatic heterocycles. The Morgan fingerprint density at radius 3 is 2.80 bits per heavy atom. The lowest BCUT2D eigenvalue weighted by Crippen LogP contribution is -2.18. The molecule has 0 atom stereocenters. The number of rotatable bonds is 4. The highest BCUT2D eigenvalue weighted by Crippen LogP contribution is 2.23. The monoisotopic (exact) mass is 290 g/mol. The van der Waals surface area contributed by atoms with Gasteiger partial charge in [-0.1, -0.05) is 22.8 Å². The standard InChI is InChI=1S/C14H15ClN4O/c1-19(9-10-4-2-3-7-17-10)11-5-6-12(13(15)8-11)14(16)18-20/h2-8,20H,9H2,1H3,(H2,16,18). The van der Waals surface area contributed by atoms with E-state index in [0.29, 0.717) is 17.1 Å². The molecule has 0 saturated carbocycles. The average Bonchev–Trinajstić information content (AvgIpc) is 2.47. The van der Waals surface area contributed by atoms with Crippen LogP contribution in [0.1, 0.15) is 11.3 Å². The normalized spacial score (nSPS) is 11.4. The molecule has 20 heavy (non-hydrogen) atoms. The minimum Gasteiger partial charge on any atom is -0.409 e. The fourth-order valence-electron chi connectivity index (χ4n) is 1.83. The SMILES string of the molecule is CN(Cc1ccccn1)c1ccc(C(N)=NO)c(Cl)c1. The predicted molar refractivity (Wildman–Crippen MR) is 80.3 cm³/mol. The summed E-state index contributed by atoms with van der Waals surface area (Å²) in [5.74, 6) is -0.00562. The topological polar surface area (TPSA) is 74.7 Å². The molecule has 0 amide bonds. The van der Waals surface area contributed by atoms with Gasteiger partial charge in [-0.05, 0) is 30.3 Å². The number of hydrogen-bond acceptors (Lipinski definition) is 4. The molecule has 6 heteroatoms. The van der Waals surface area contributed by atoms with Crippen molar-refractivity contribution in [1.29, 1.82) is 0 Å². The van der Waals surface area contributed by atoms with E-state index in [1.165, 1.54) is 0 Å². The molecule has 1 heterocycles. The van der Waals surface area contributed by atoms with Crippen LogP contribution in [0, 0.1) is 0 Å². The second-order valence-corrected chi connectivity index (χ2v) is 4.73. The van der Waals surface area contributed by atoms with Crippen molar-refractivity contribution in [3.8, 4) is 0 Å². The zero-order chi connectivity index (χ0) is 14.5. The number of nitrogens with zero attached hydrogens (tertiary/aromatic N) is 3. The molecule has 5 nitrogen and oxygen atoms in total. The van der Waals surface area contributed by atoms with Crippen LogP contribution in [0.4, 0.5) is 5.69 Å². The average molecular weight is 291 g/mol. The largest absolute Gasteiger partial charge is 0.409 e. The predicted octanol–water partition coefficient (Wildman–Crippen LogP) is 2.47. The van der Waals surface area contributed by atoms with E-state index < -0.39 is 0 Å². The second kappa shape index (κ2) is 6.25. The molecule has 2 aromatic rings. The Morgan fingerprint density at radius 2 is 2.20 bits per heavy atom. The highest BCUT2D eigenvalue weighted by atomic mass is 35.5. The summed E-state index contributed by atoms with van der Waals surface area (Å²) in [7, 11) is 1.95. The van der Waals surface area contributed by atoms with Crippen molar-refractivity contribution in [2.45, 2.75) is 6.54 Å². The van der Waals surface area contributed by atoms with Gasteiger partial charge in [0.1, 0.15) is 0 Å². The molecule has 0 unspecified atom stereocenters. The summed E-state index contributed by atoms with van der Waals surface area (Å²) in [6, 6.07) is 11.2. The van der Waals surface area contributed by atoms with Gasteiger partial charge in [0.2, 0.25) is 0 Å². The van der Waals surface area contributed by atoms with Gasteiger partial charge in [-0.15, -0.1) is 0 Å². The highest BCUT2D eigenvalue weighted by Gasteiger charge is 2.09. The smallest absolute Gasteiger partial charge is 0.171 e. The second-order valence-electron chi connectivity index (χ2n) is 4.33. The molecular weight excluding hydrogens is 276 g/mol. The first-order chi connectivity index (χ1) is 9.61. The molecule has 0 aliphatic carbocycles. The van der Waals surface area contributed by atoms with Gasteiger partial charge in [0.05, 0.1) is 17.3 Å². The van der Waals surface area contributed by atoms with E-state index >= 15 is 0 Å². The number of aromatic nitrogens is 1. The number of amidine groups is 1. The summed E-state index contributed by atoms with van der Waals surface area (Å²) in [6.07, 6.45) is 1.76. The molecule has 104 valence electrons. The Morgan fingerprint density at radius 1 is 1.40 bits per heavy atom. The Hall–Kier alpha value is -2.27. The summed E-state index contributed by atoms with van der Waals surface area (Å²) in [5.41, 5.74) is 7.93. The third-order valence-electron chi connectivity index (χ3n) is 2.90. The first kappa shape index (κ1) is 14.1. The zero-order valence-corrected chi connectivity index (χ0v) is 11.7. The molecular formula is C14H15ClN4O. The molecule has 2 rings (SSSR count). The first-order valence-electron chi connectivity index (χ1n) is 6.00. The summed E-state index contributed by atoms with van der Waals surface area (Å²) < 4.78 is 0. The highest BCUT2D eigenvalue weighted by molar-refractivity contribution is 6.34. The van der Waals surface area contributed by atoms with Crippen LogP contribution < -0.4 is 10.6 Å². The maximum absolute atomic E-state index is 8.67. The van der Waals surface area contributed by atoms with Gasteiger partial charge < -0.3 is 15.8 Å². The minimum atomic E-state index is -0.00562. The van der Waals surface area contributed by atoms with E-state index in [9.17, 15) is 0 Å². The molecule has 0 radical (unpaired) electrons. The van der Waals surface area contributed by atoms with E-state index in [0.717, 1.165) is 11.4 Å². The molecule has 0 saturated heterocycles. The Labute approximate surface area is 122 Å². The quantitative estimate of drug-likeness (QED) is 0.393. The number of halogens is 1. The number of hydrogen-bond donors (Lipinski definition) is 2. The van der Waals surface area contributed by atoms with Crippen LogP contribution in [0.3, 0.4) is 0 Å². The van der Waals surface area contributed by atoms with Crippen LogP contribution in [0.25, 0.3) is 0 Å². The molecule has 1 aromatic heterocycles. The Bertz CT molecular complexity index is 616. The van der Waals surface area contributed by atoms with E-state index in [1.54, 1.807) is 18.3 Å². The third-order valence-corrected chi connectivity index (χ3v) is 3.22. The van der Waals surface area contributed by atoms with Gasteiger partial charge in [0.25, 0.3) is 0 Å². The zero-order valence-electron chi connectivity index (χ0n) is 11.0. The maximum atomic E-state index is 8.67. The molecule has 0 bridgehead atoms. The van der Waals surface area contributed by atoms with Crippen LogP contribution in [-0.2, 0) is 6.54 Å². The summed E-state index contributed by atoms with van der Waals surface area (Å²) in [5, 5.41) is 12.1. The molecule has 1 aromatic carbocycles. The van der Waals surface area contributed by atoms with Gasteiger partial charge in [0, 0.05) is 24.5 Å². The third kappa shape index (κ3) is 3.19. The molecule has 0 aliphatic rings. The van der Waals surface area contributed by atoms with Gasteiger partial charge in [-0.3, -0.25) is 4.98 Å². The van der Waals surface area contributed by atoms with E-state index in [2.05, 4.69) is 10.1 Å². The summed E-state index contributed by atoms with van der Waals surface area (Å²) in [4.78, 5) is 6.30. The van der Waals surface area contributed by atoms with Crippen molar-refractivity contribution in [3.05, 3.63) is 58.9 Å². The molecule has 0 fully saturated rings. The van der Waals surface area contributed by atoms with Crippen molar-refractivity contribution in [2.75, 3.05) is 11.9 Å². The number of benzene rings is 1. The van der Waals surface area contributed by atoms with Gasteiger partial charge in [-0.2, -0.15) is 0 Å². The van der Waals surface area contributed by atoms with Crippen molar-refractivity contribution < 1.29 is 5.21 Å². The minimum absolute atomic E-state index is 0.00562. The number of pyridine rings is 1. The fraction of sp³-hybridized carbons (Fsp3) is 0.143. The van der Waals surface area contributed by atoms with Crippen LogP contribution in [0.5, 0.6) is 0 Å². The van der Waals surface area contributed by atoms with E-state index in [-0.39, 0.29) is 5.84 Å². The van der Waals surface area contributed by atoms with Gasteiger partial charge in [-0.25, -0.2) is 0 Å². The van der Waals surface area contributed by atoms with Crippen LogP contribution in [0.15, 0.2) is 47.8 Å². The lowest BCUT2D eigenvalue weighted by atomic mass is 10.1.